The van der Waals surface area contributed by atoms with E-state index in [-0.39, 0.29) is 0 Å². The molecular formula is C9H12N2O3S. The number of carbonyl (C=O) groups excluding carboxylic acids is 1. The van der Waals surface area contributed by atoms with Crippen molar-refractivity contribution in [2.75, 3.05) is 5.32 Å². The fourth-order valence-electron chi connectivity index (χ4n) is 0.835. The summed E-state index contributed by atoms with van der Waals surface area (Å²) in [6.07, 6.45) is 0. The molecule has 0 aliphatic heterocycles. The van der Waals surface area contributed by atoms with Crippen molar-refractivity contribution in [2.24, 2.45) is 0 Å². The number of hydrogen-bond acceptors (Lipinski definition) is 3. The van der Waals surface area contributed by atoms with Gasteiger partial charge in [0.25, 0.3) is 0 Å². The van der Waals surface area contributed by atoms with Crippen LogP contribution in [0.3, 0.4) is 0 Å². The number of nitrogens with one attached hydrogen (secondary N) is 2. The summed E-state index contributed by atoms with van der Waals surface area (Å²) in [6, 6.07) is 1.21. The van der Waals surface area contributed by atoms with Gasteiger partial charge in [-0.3, -0.25) is 0 Å². The van der Waals surface area contributed by atoms with Crippen LogP contribution in [0.15, 0.2) is 16.8 Å². The Morgan fingerprint density at radius 3 is 2.60 bits per heavy atom. The van der Waals surface area contributed by atoms with E-state index in [1.807, 2.05) is 5.38 Å². The molecule has 0 aromatic carbocycles. The molecule has 6 heteroatoms. The van der Waals surface area contributed by atoms with E-state index in [0.717, 1.165) is 0 Å². The lowest BCUT2D eigenvalue weighted by Gasteiger charge is -2.20. The van der Waals surface area contributed by atoms with E-state index < -0.39 is 17.5 Å². The number of amides is 2. The number of carboxylic acid groups (broad SMARTS) is 1. The molecule has 0 saturated heterocycles. The summed E-state index contributed by atoms with van der Waals surface area (Å²) in [5.74, 6) is -1.08. The Balaban J connectivity index is 2.53. The zero-order valence-electron chi connectivity index (χ0n) is 8.40. The fourth-order valence-corrected chi connectivity index (χ4v) is 1.42. The molecule has 0 spiro atoms. The fraction of sp³-hybridized carbons (Fsp3) is 0.333. The van der Waals surface area contributed by atoms with Crippen LogP contribution in [0.25, 0.3) is 0 Å². The third-order valence-corrected chi connectivity index (χ3v) is 2.42. The average molecular weight is 228 g/mol. The molecule has 1 rings (SSSR count). The number of hydrogen-bond donors (Lipinski definition) is 3. The third-order valence-electron chi connectivity index (χ3n) is 1.74. The molecule has 0 aliphatic rings. The maximum absolute atomic E-state index is 11.3. The van der Waals surface area contributed by atoms with E-state index in [9.17, 15) is 9.59 Å². The number of rotatable bonds is 3. The van der Waals surface area contributed by atoms with Crippen molar-refractivity contribution in [3.63, 3.8) is 0 Å². The molecule has 82 valence electrons. The SMILES string of the molecule is CC(C)(NC(=O)Nc1ccsc1)C(=O)O. The van der Waals surface area contributed by atoms with Gasteiger partial charge in [0.2, 0.25) is 0 Å². The second-order valence-corrected chi connectivity index (χ2v) is 4.30. The minimum absolute atomic E-state index is 0.527. The number of thiophene rings is 1. The summed E-state index contributed by atoms with van der Waals surface area (Å²) in [5.41, 5.74) is -0.626. The molecule has 0 bridgehead atoms. The molecule has 15 heavy (non-hydrogen) atoms. The predicted octanol–water partition coefficient (Wildman–Crippen LogP) is 1.73. The predicted molar refractivity (Wildman–Crippen MR) is 58.2 cm³/mol. The van der Waals surface area contributed by atoms with Crippen LogP contribution in [-0.4, -0.2) is 22.6 Å². The summed E-state index contributed by atoms with van der Waals surface area (Å²) in [5, 5.41) is 17.2. The summed E-state index contributed by atoms with van der Waals surface area (Å²) < 4.78 is 0. The first kappa shape index (κ1) is 11.5. The van der Waals surface area contributed by atoms with Crippen molar-refractivity contribution in [1.29, 1.82) is 0 Å². The number of anilines is 1. The highest BCUT2D eigenvalue weighted by Gasteiger charge is 2.28. The lowest BCUT2D eigenvalue weighted by atomic mass is 10.1. The zero-order chi connectivity index (χ0) is 11.5. The molecule has 0 fully saturated rings. The Kier molecular flexibility index (Phi) is 3.31. The van der Waals surface area contributed by atoms with Gasteiger partial charge >= 0.3 is 12.0 Å². The highest BCUT2D eigenvalue weighted by Crippen LogP contribution is 2.12. The molecule has 0 radical (unpaired) electrons. The normalized spacial score (nSPS) is 10.8. The Labute approximate surface area is 91.1 Å². The summed E-state index contributed by atoms with van der Waals surface area (Å²) in [4.78, 5) is 22.1. The number of aliphatic carboxylic acids is 1. The van der Waals surface area contributed by atoms with Gasteiger partial charge in [0, 0.05) is 5.38 Å². The average Bonchev–Trinajstić information content (AvgIpc) is 2.54. The number of urea groups is 1. The topological polar surface area (TPSA) is 78.4 Å². The minimum atomic E-state index is -1.28. The highest BCUT2D eigenvalue weighted by atomic mass is 32.1. The van der Waals surface area contributed by atoms with Gasteiger partial charge in [0.05, 0.1) is 5.69 Å². The molecule has 3 N–H and O–H groups in total. The van der Waals surface area contributed by atoms with Crippen LogP contribution in [0.5, 0.6) is 0 Å². The largest absolute Gasteiger partial charge is 0.480 e. The van der Waals surface area contributed by atoms with Crippen molar-refractivity contribution in [3.05, 3.63) is 16.8 Å². The van der Waals surface area contributed by atoms with Crippen LogP contribution < -0.4 is 10.6 Å². The van der Waals surface area contributed by atoms with E-state index in [1.54, 1.807) is 11.4 Å². The molecule has 0 atom stereocenters. The van der Waals surface area contributed by atoms with Crippen molar-refractivity contribution in [3.8, 4) is 0 Å². The lowest BCUT2D eigenvalue weighted by Crippen LogP contribution is -2.51. The van der Waals surface area contributed by atoms with Gasteiger partial charge in [0.1, 0.15) is 5.54 Å². The lowest BCUT2D eigenvalue weighted by molar-refractivity contribution is -0.142. The standard InChI is InChI=1S/C9H12N2O3S/c1-9(2,7(12)13)11-8(14)10-6-3-4-15-5-6/h3-5H,1-2H3,(H,12,13)(H2,10,11,14). The maximum Gasteiger partial charge on any atom is 0.328 e. The summed E-state index contributed by atoms with van der Waals surface area (Å²) in [7, 11) is 0. The third kappa shape index (κ3) is 3.25. The van der Waals surface area contributed by atoms with Crippen molar-refractivity contribution >= 4 is 29.0 Å². The van der Waals surface area contributed by atoms with Crippen LogP contribution in [0.1, 0.15) is 13.8 Å². The van der Waals surface area contributed by atoms with E-state index in [0.29, 0.717) is 5.69 Å². The monoisotopic (exact) mass is 228 g/mol. The van der Waals surface area contributed by atoms with Crippen molar-refractivity contribution < 1.29 is 14.7 Å². The smallest absolute Gasteiger partial charge is 0.328 e. The highest BCUT2D eigenvalue weighted by molar-refractivity contribution is 7.08. The van der Waals surface area contributed by atoms with E-state index in [4.69, 9.17) is 5.11 Å². The molecule has 2 amide bonds. The quantitative estimate of drug-likeness (QED) is 0.737. The van der Waals surface area contributed by atoms with Gasteiger partial charge in [0.15, 0.2) is 0 Å². The van der Waals surface area contributed by atoms with Crippen LogP contribution in [0, 0.1) is 0 Å². The maximum atomic E-state index is 11.3. The molecule has 0 saturated carbocycles. The Morgan fingerprint density at radius 1 is 1.47 bits per heavy atom. The molecule has 0 aliphatic carbocycles. The van der Waals surface area contributed by atoms with Crippen LogP contribution in [0.2, 0.25) is 0 Å². The van der Waals surface area contributed by atoms with Gasteiger partial charge in [-0.15, -0.1) is 0 Å². The number of carboxylic acids is 1. The van der Waals surface area contributed by atoms with Crippen LogP contribution in [-0.2, 0) is 4.79 Å². The van der Waals surface area contributed by atoms with Gasteiger partial charge in [-0.1, -0.05) is 0 Å². The molecule has 0 unspecified atom stereocenters. The number of carbonyl (C=O) groups is 2. The van der Waals surface area contributed by atoms with E-state index in [1.165, 1.54) is 25.2 Å². The first-order valence-electron chi connectivity index (χ1n) is 4.26. The Bertz CT molecular complexity index is 359. The summed E-state index contributed by atoms with van der Waals surface area (Å²) in [6.45, 7) is 2.84. The van der Waals surface area contributed by atoms with Gasteiger partial charge in [-0.05, 0) is 25.3 Å². The molecular weight excluding hydrogens is 216 g/mol. The molecule has 1 aromatic heterocycles. The minimum Gasteiger partial charge on any atom is -0.480 e. The van der Waals surface area contributed by atoms with E-state index >= 15 is 0 Å². The van der Waals surface area contributed by atoms with Crippen LogP contribution in [0.4, 0.5) is 10.5 Å². The Morgan fingerprint density at radius 2 is 2.13 bits per heavy atom. The summed E-state index contributed by atoms with van der Waals surface area (Å²) >= 11 is 1.45. The first-order valence-corrected chi connectivity index (χ1v) is 5.21. The second kappa shape index (κ2) is 4.31. The van der Waals surface area contributed by atoms with Crippen LogP contribution >= 0.6 is 11.3 Å². The molecule has 1 heterocycles. The zero-order valence-corrected chi connectivity index (χ0v) is 9.22. The molecule has 5 nitrogen and oxygen atoms in total. The molecule has 1 aromatic rings. The van der Waals surface area contributed by atoms with Gasteiger partial charge < -0.3 is 15.7 Å². The second-order valence-electron chi connectivity index (χ2n) is 3.52. The first-order chi connectivity index (χ1) is 6.92. The van der Waals surface area contributed by atoms with Crippen molar-refractivity contribution in [1.82, 2.24) is 5.32 Å². The van der Waals surface area contributed by atoms with Crippen molar-refractivity contribution in [2.45, 2.75) is 19.4 Å². The van der Waals surface area contributed by atoms with Gasteiger partial charge in [-0.2, -0.15) is 11.3 Å². The Hall–Kier alpha value is -1.56. The van der Waals surface area contributed by atoms with E-state index in [2.05, 4.69) is 10.6 Å². The van der Waals surface area contributed by atoms with Gasteiger partial charge in [-0.25, -0.2) is 9.59 Å².